The molecular weight excluding hydrogens is 256 g/mol. The molecule has 0 aromatic carbocycles. The van der Waals surface area contributed by atoms with Gasteiger partial charge in [0.05, 0.1) is 18.2 Å². The zero-order chi connectivity index (χ0) is 15.3. The molecule has 1 fully saturated rings. The second kappa shape index (κ2) is 7.18. The summed E-state index contributed by atoms with van der Waals surface area (Å²) in [7, 11) is 0. The Bertz CT molecular complexity index is 353. The van der Waals surface area contributed by atoms with Gasteiger partial charge in [-0.05, 0) is 45.6 Å². The van der Waals surface area contributed by atoms with E-state index in [1.54, 1.807) is 0 Å². The lowest BCUT2D eigenvalue weighted by molar-refractivity contribution is -0.128. The number of hydrogen-bond acceptors (Lipinski definition) is 4. The predicted octanol–water partition coefficient (Wildman–Crippen LogP) is 0.953. The molecule has 0 aromatic heterocycles. The molecule has 1 rings (SSSR count). The van der Waals surface area contributed by atoms with Crippen LogP contribution in [0.25, 0.3) is 0 Å². The summed E-state index contributed by atoms with van der Waals surface area (Å²) in [5.74, 6) is -0.0195. The molecule has 0 saturated carbocycles. The smallest absolute Gasteiger partial charge is 0.234 e. The van der Waals surface area contributed by atoms with Gasteiger partial charge in [0.25, 0.3) is 0 Å². The van der Waals surface area contributed by atoms with Gasteiger partial charge < -0.3 is 10.4 Å². The van der Waals surface area contributed by atoms with Gasteiger partial charge >= 0.3 is 0 Å². The first-order valence-electron chi connectivity index (χ1n) is 7.46. The highest BCUT2D eigenvalue weighted by atomic mass is 16.3. The molecule has 2 unspecified atom stereocenters. The van der Waals surface area contributed by atoms with E-state index in [1.807, 2.05) is 25.7 Å². The van der Waals surface area contributed by atoms with Gasteiger partial charge in [0, 0.05) is 6.54 Å². The van der Waals surface area contributed by atoms with Crippen molar-refractivity contribution >= 4 is 11.7 Å². The first-order chi connectivity index (χ1) is 9.21. The Morgan fingerprint density at radius 1 is 1.30 bits per heavy atom. The number of likely N-dealkylation sites (tertiary alicyclic amines) is 1. The van der Waals surface area contributed by atoms with E-state index in [0.717, 1.165) is 19.4 Å². The molecule has 20 heavy (non-hydrogen) atoms. The molecule has 1 amide bonds. The lowest BCUT2D eigenvalue weighted by atomic mass is 9.98. The summed E-state index contributed by atoms with van der Waals surface area (Å²) < 4.78 is 0. The standard InChI is InChI=1S/C15H28N2O3/c1-11(2)14(12(3)18)16-13(19)10-17-8-5-6-15(4,20)7-9-17/h11,14,20H,5-10H2,1-4H3,(H,16,19). The summed E-state index contributed by atoms with van der Waals surface area (Å²) in [6, 6.07) is -0.405. The van der Waals surface area contributed by atoms with Gasteiger partial charge in [-0.3, -0.25) is 14.5 Å². The zero-order valence-electron chi connectivity index (χ0n) is 13.1. The van der Waals surface area contributed by atoms with Crippen molar-refractivity contribution in [2.45, 2.75) is 58.6 Å². The Morgan fingerprint density at radius 2 is 1.95 bits per heavy atom. The molecule has 0 radical (unpaired) electrons. The van der Waals surface area contributed by atoms with Gasteiger partial charge in [0.2, 0.25) is 5.91 Å². The Hall–Kier alpha value is -0.940. The quantitative estimate of drug-likeness (QED) is 0.789. The van der Waals surface area contributed by atoms with Gasteiger partial charge in [0.15, 0.2) is 5.78 Å². The van der Waals surface area contributed by atoms with Crippen molar-refractivity contribution in [3.05, 3.63) is 0 Å². The molecule has 0 spiro atoms. The number of amides is 1. The Morgan fingerprint density at radius 3 is 2.50 bits per heavy atom. The minimum absolute atomic E-state index is 0.00727. The highest BCUT2D eigenvalue weighted by Crippen LogP contribution is 2.21. The minimum atomic E-state index is -0.620. The number of carbonyl (C=O) groups is 2. The average Bonchev–Trinajstić information content (AvgIpc) is 2.47. The van der Waals surface area contributed by atoms with Crippen LogP contribution in [0.3, 0.4) is 0 Å². The second-order valence-corrected chi connectivity index (χ2v) is 6.53. The van der Waals surface area contributed by atoms with E-state index in [2.05, 4.69) is 5.32 Å². The predicted molar refractivity (Wildman–Crippen MR) is 78.4 cm³/mol. The molecule has 5 heteroatoms. The van der Waals surface area contributed by atoms with Crippen LogP contribution in [-0.2, 0) is 9.59 Å². The molecule has 1 heterocycles. The fourth-order valence-corrected chi connectivity index (χ4v) is 2.64. The maximum atomic E-state index is 12.0. The van der Waals surface area contributed by atoms with E-state index < -0.39 is 11.6 Å². The van der Waals surface area contributed by atoms with Gasteiger partial charge in [-0.15, -0.1) is 0 Å². The summed E-state index contributed by atoms with van der Waals surface area (Å²) in [5.41, 5.74) is -0.620. The maximum absolute atomic E-state index is 12.0. The van der Waals surface area contributed by atoms with Crippen molar-refractivity contribution in [1.82, 2.24) is 10.2 Å². The minimum Gasteiger partial charge on any atom is -0.390 e. The largest absolute Gasteiger partial charge is 0.390 e. The molecule has 0 aromatic rings. The van der Waals surface area contributed by atoms with Gasteiger partial charge in [-0.1, -0.05) is 13.8 Å². The number of aliphatic hydroxyl groups is 1. The maximum Gasteiger partial charge on any atom is 0.234 e. The first-order valence-corrected chi connectivity index (χ1v) is 7.46. The monoisotopic (exact) mass is 284 g/mol. The Balaban J connectivity index is 2.47. The molecule has 1 aliphatic heterocycles. The van der Waals surface area contributed by atoms with Crippen LogP contribution >= 0.6 is 0 Å². The highest BCUT2D eigenvalue weighted by Gasteiger charge is 2.27. The number of nitrogens with one attached hydrogen (secondary N) is 1. The summed E-state index contributed by atoms with van der Waals surface area (Å²) in [4.78, 5) is 25.6. The van der Waals surface area contributed by atoms with E-state index in [0.29, 0.717) is 19.5 Å². The molecule has 2 atom stereocenters. The topological polar surface area (TPSA) is 69.6 Å². The first kappa shape index (κ1) is 17.1. The number of rotatable bonds is 5. The second-order valence-electron chi connectivity index (χ2n) is 6.53. The zero-order valence-corrected chi connectivity index (χ0v) is 13.1. The Kier molecular flexibility index (Phi) is 6.14. The van der Waals surface area contributed by atoms with Crippen molar-refractivity contribution in [3.63, 3.8) is 0 Å². The van der Waals surface area contributed by atoms with Gasteiger partial charge in [0.1, 0.15) is 0 Å². The normalized spacial score (nSPS) is 26.1. The lowest BCUT2D eigenvalue weighted by Gasteiger charge is -2.24. The van der Waals surface area contributed by atoms with Crippen LogP contribution in [0.15, 0.2) is 0 Å². The van der Waals surface area contributed by atoms with Crippen LogP contribution in [-0.4, -0.2) is 53.0 Å². The van der Waals surface area contributed by atoms with E-state index in [4.69, 9.17) is 0 Å². The van der Waals surface area contributed by atoms with Crippen LogP contribution in [0.1, 0.15) is 47.0 Å². The third kappa shape index (κ3) is 5.59. The summed E-state index contributed by atoms with van der Waals surface area (Å²) in [5, 5.41) is 12.8. The molecular formula is C15H28N2O3. The van der Waals surface area contributed by atoms with Crippen molar-refractivity contribution in [1.29, 1.82) is 0 Å². The van der Waals surface area contributed by atoms with Crippen molar-refractivity contribution in [3.8, 4) is 0 Å². The Labute approximate surface area is 121 Å². The van der Waals surface area contributed by atoms with Gasteiger partial charge in [-0.2, -0.15) is 0 Å². The third-order valence-corrected chi connectivity index (χ3v) is 3.94. The average molecular weight is 284 g/mol. The fraction of sp³-hybridized carbons (Fsp3) is 0.867. The van der Waals surface area contributed by atoms with Crippen LogP contribution in [0, 0.1) is 5.92 Å². The van der Waals surface area contributed by atoms with Crippen LogP contribution in [0.5, 0.6) is 0 Å². The van der Waals surface area contributed by atoms with Crippen molar-refractivity contribution < 1.29 is 14.7 Å². The van der Waals surface area contributed by atoms with Crippen LogP contribution in [0.4, 0.5) is 0 Å². The van der Waals surface area contributed by atoms with E-state index in [1.165, 1.54) is 6.92 Å². The molecule has 5 nitrogen and oxygen atoms in total. The third-order valence-electron chi connectivity index (χ3n) is 3.94. The number of carbonyl (C=O) groups excluding carboxylic acids is 2. The molecule has 1 saturated heterocycles. The van der Waals surface area contributed by atoms with Crippen molar-refractivity contribution in [2.75, 3.05) is 19.6 Å². The molecule has 1 aliphatic rings. The van der Waals surface area contributed by atoms with E-state index >= 15 is 0 Å². The van der Waals surface area contributed by atoms with E-state index in [9.17, 15) is 14.7 Å². The number of hydrogen-bond donors (Lipinski definition) is 2. The number of ketones is 1. The molecule has 116 valence electrons. The molecule has 0 bridgehead atoms. The summed E-state index contributed by atoms with van der Waals surface area (Å²) in [6.45, 7) is 9.04. The number of Topliss-reactive ketones (excluding diaryl/α,β-unsaturated/α-hetero) is 1. The molecule has 0 aliphatic carbocycles. The lowest BCUT2D eigenvalue weighted by Crippen LogP contribution is -2.47. The molecule has 2 N–H and O–H groups in total. The van der Waals surface area contributed by atoms with Gasteiger partial charge in [-0.25, -0.2) is 0 Å². The van der Waals surface area contributed by atoms with Crippen LogP contribution in [0.2, 0.25) is 0 Å². The number of nitrogens with zero attached hydrogens (tertiary/aromatic N) is 1. The van der Waals surface area contributed by atoms with E-state index in [-0.39, 0.29) is 17.6 Å². The summed E-state index contributed by atoms with van der Waals surface area (Å²) in [6.07, 6.45) is 2.34. The van der Waals surface area contributed by atoms with Crippen molar-refractivity contribution in [2.24, 2.45) is 5.92 Å². The summed E-state index contributed by atoms with van der Waals surface area (Å²) >= 11 is 0. The SMILES string of the molecule is CC(=O)C(NC(=O)CN1CCCC(C)(O)CC1)C(C)C. The van der Waals surface area contributed by atoms with Crippen LogP contribution < -0.4 is 5.32 Å². The highest BCUT2D eigenvalue weighted by molar-refractivity contribution is 5.88. The fourth-order valence-electron chi connectivity index (χ4n) is 2.64.